The lowest BCUT2D eigenvalue weighted by atomic mass is 9.95. The predicted octanol–water partition coefficient (Wildman–Crippen LogP) is 0.180. The van der Waals surface area contributed by atoms with Crippen LogP contribution in [-0.2, 0) is 0 Å². The summed E-state index contributed by atoms with van der Waals surface area (Å²) in [7, 11) is 1.68. The molecule has 0 aromatic rings. The average Bonchev–Trinajstić information content (AvgIpc) is 2.35. The van der Waals surface area contributed by atoms with Crippen LogP contribution < -0.4 is 11.7 Å². The molecule has 1 rings (SSSR count). The summed E-state index contributed by atoms with van der Waals surface area (Å²) in [4.78, 5) is 1.45. The first-order valence-electron chi connectivity index (χ1n) is 5.60. The largest absolute Gasteiger partial charge is 0.321 e. The molecule has 0 amide bonds. The molecule has 0 aromatic carbocycles. The SMILES string of the molecule is CN(C#N)C/C(=N/N)N(N)C1CCCCC1. The lowest BCUT2D eigenvalue weighted by Gasteiger charge is -2.32. The molecule has 0 spiro atoms. The summed E-state index contributed by atoms with van der Waals surface area (Å²) < 4.78 is 0. The minimum atomic E-state index is 0.308. The average molecular weight is 224 g/mol. The molecule has 0 saturated heterocycles. The van der Waals surface area contributed by atoms with Gasteiger partial charge in [0.05, 0.1) is 6.54 Å². The Balaban J connectivity index is 2.55. The van der Waals surface area contributed by atoms with Crippen LogP contribution in [0.4, 0.5) is 0 Å². The van der Waals surface area contributed by atoms with E-state index in [2.05, 4.69) is 5.10 Å². The first-order valence-corrected chi connectivity index (χ1v) is 5.60. The van der Waals surface area contributed by atoms with Gasteiger partial charge in [-0.1, -0.05) is 19.3 Å². The summed E-state index contributed by atoms with van der Waals surface area (Å²) in [6.07, 6.45) is 7.83. The molecule has 0 aromatic heterocycles. The minimum absolute atomic E-state index is 0.308. The van der Waals surface area contributed by atoms with Gasteiger partial charge in [0, 0.05) is 13.1 Å². The molecular weight excluding hydrogens is 204 g/mol. The van der Waals surface area contributed by atoms with E-state index in [4.69, 9.17) is 16.9 Å². The quantitative estimate of drug-likeness (QED) is 0.178. The molecule has 4 N–H and O–H groups in total. The maximum atomic E-state index is 8.69. The smallest absolute Gasteiger partial charge is 0.179 e. The van der Waals surface area contributed by atoms with Crippen LogP contribution in [0, 0.1) is 11.5 Å². The molecule has 0 bridgehead atoms. The Labute approximate surface area is 96.4 Å². The van der Waals surface area contributed by atoms with E-state index in [0.29, 0.717) is 18.4 Å². The van der Waals surface area contributed by atoms with E-state index in [1.807, 2.05) is 6.19 Å². The van der Waals surface area contributed by atoms with Gasteiger partial charge >= 0.3 is 0 Å². The van der Waals surface area contributed by atoms with Gasteiger partial charge in [-0.05, 0) is 12.8 Å². The molecule has 1 aliphatic carbocycles. The molecule has 6 heteroatoms. The molecular formula is C10H20N6. The van der Waals surface area contributed by atoms with Crippen molar-refractivity contribution in [3.63, 3.8) is 0 Å². The fraction of sp³-hybridized carbons (Fsp3) is 0.800. The van der Waals surface area contributed by atoms with Crippen LogP contribution in [-0.4, -0.2) is 35.4 Å². The van der Waals surface area contributed by atoms with Gasteiger partial charge in [0.1, 0.15) is 0 Å². The van der Waals surface area contributed by atoms with Crippen molar-refractivity contribution in [2.75, 3.05) is 13.6 Å². The number of hydrogen-bond acceptors (Lipinski definition) is 5. The normalized spacial score (nSPS) is 17.9. The van der Waals surface area contributed by atoms with E-state index in [1.54, 1.807) is 12.1 Å². The molecule has 0 radical (unpaired) electrons. The van der Waals surface area contributed by atoms with E-state index < -0.39 is 0 Å². The van der Waals surface area contributed by atoms with Gasteiger partial charge in [-0.2, -0.15) is 10.4 Å². The predicted molar refractivity (Wildman–Crippen MR) is 62.8 cm³/mol. The monoisotopic (exact) mass is 224 g/mol. The third kappa shape index (κ3) is 3.28. The highest BCUT2D eigenvalue weighted by Crippen LogP contribution is 2.20. The van der Waals surface area contributed by atoms with Crippen molar-refractivity contribution in [1.82, 2.24) is 9.91 Å². The number of nitriles is 1. The lowest BCUT2D eigenvalue weighted by molar-refractivity contribution is 0.241. The van der Waals surface area contributed by atoms with Gasteiger partial charge in [-0.25, -0.2) is 5.84 Å². The third-order valence-corrected chi connectivity index (χ3v) is 2.96. The summed E-state index contributed by atoms with van der Waals surface area (Å²) >= 11 is 0. The maximum Gasteiger partial charge on any atom is 0.179 e. The van der Waals surface area contributed by atoms with Crippen molar-refractivity contribution in [3.8, 4) is 6.19 Å². The Morgan fingerprint density at radius 3 is 2.56 bits per heavy atom. The second kappa shape index (κ2) is 6.18. The summed E-state index contributed by atoms with van der Waals surface area (Å²) in [5.41, 5.74) is 0. The van der Waals surface area contributed by atoms with E-state index in [1.165, 1.54) is 24.2 Å². The molecule has 16 heavy (non-hydrogen) atoms. The number of nitrogens with two attached hydrogens (primary N) is 2. The van der Waals surface area contributed by atoms with Gasteiger partial charge in [-0.15, -0.1) is 0 Å². The van der Waals surface area contributed by atoms with E-state index in [-0.39, 0.29) is 0 Å². The van der Waals surface area contributed by atoms with Crippen molar-refractivity contribution in [2.45, 2.75) is 38.1 Å². The van der Waals surface area contributed by atoms with Crippen molar-refractivity contribution in [1.29, 1.82) is 5.26 Å². The molecule has 0 heterocycles. The second-order valence-electron chi connectivity index (χ2n) is 4.20. The zero-order valence-corrected chi connectivity index (χ0v) is 9.76. The number of amidine groups is 1. The Morgan fingerprint density at radius 1 is 1.44 bits per heavy atom. The number of hydrogen-bond donors (Lipinski definition) is 2. The highest BCUT2D eigenvalue weighted by molar-refractivity contribution is 5.83. The van der Waals surface area contributed by atoms with Crippen LogP contribution in [0.3, 0.4) is 0 Å². The van der Waals surface area contributed by atoms with Crippen LogP contribution in [0.2, 0.25) is 0 Å². The maximum absolute atomic E-state index is 8.69. The first-order chi connectivity index (χ1) is 7.69. The number of likely N-dealkylation sites (N-methyl/N-ethyl adjacent to an activating group) is 1. The number of hydrazine groups is 1. The van der Waals surface area contributed by atoms with E-state index in [9.17, 15) is 0 Å². The summed E-state index contributed by atoms with van der Waals surface area (Å²) in [6, 6.07) is 0.308. The van der Waals surface area contributed by atoms with E-state index >= 15 is 0 Å². The van der Waals surface area contributed by atoms with Gasteiger partial charge in [0.2, 0.25) is 0 Å². The van der Waals surface area contributed by atoms with E-state index in [0.717, 1.165) is 12.8 Å². The lowest BCUT2D eigenvalue weighted by Crippen LogP contribution is -2.50. The summed E-state index contributed by atoms with van der Waals surface area (Å²) in [5.74, 6) is 11.9. The fourth-order valence-corrected chi connectivity index (χ4v) is 2.01. The number of rotatable bonds is 3. The standard InChI is InChI=1S/C10H20N6/c1-15(8-11)7-10(14-12)16(13)9-5-3-2-4-6-9/h9H,2-7,12-13H2,1H3/b14-10-. The molecule has 1 saturated carbocycles. The second-order valence-corrected chi connectivity index (χ2v) is 4.20. The van der Waals surface area contributed by atoms with Crippen LogP contribution >= 0.6 is 0 Å². The van der Waals surface area contributed by atoms with Gasteiger partial charge < -0.3 is 10.7 Å². The Kier molecular flexibility index (Phi) is 4.86. The molecule has 1 aliphatic rings. The molecule has 1 fully saturated rings. The van der Waals surface area contributed by atoms with Crippen LogP contribution in [0.25, 0.3) is 0 Å². The topological polar surface area (TPSA) is 94.7 Å². The van der Waals surface area contributed by atoms with Crippen molar-refractivity contribution in [3.05, 3.63) is 0 Å². The van der Waals surface area contributed by atoms with Crippen molar-refractivity contribution >= 4 is 5.84 Å². The zero-order chi connectivity index (χ0) is 12.0. The Hall–Kier alpha value is -1.48. The molecule has 0 atom stereocenters. The van der Waals surface area contributed by atoms with Crippen molar-refractivity contribution in [2.24, 2.45) is 16.8 Å². The summed E-state index contributed by atoms with van der Waals surface area (Å²) in [5, 5.41) is 14.0. The summed E-state index contributed by atoms with van der Waals surface area (Å²) in [6.45, 7) is 0.361. The minimum Gasteiger partial charge on any atom is -0.321 e. The van der Waals surface area contributed by atoms with Gasteiger partial charge in [0.15, 0.2) is 12.0 Å². The van der Waals surface area contributed by atoms with Gasteiger partial charge in [0.25, 0.3) is 0 Å². The van der Waals surface area contributed by atoms with Crippen LogP contribution in [0.1, 0.15) is 32.1 Å². The molecule has 90 valence electrons. The number of nitrogens with zero attached hydrogens (tertiary/aromatic N) is 4. The van der Waals surface area contributed by atoms with Crippen LogP contribution in [0.5, 0.6) is 0 Å². The van der Waals surface area contributed by atoms with Crippen LogP contribution in [0.15, 0.2) is 5.10 Å². The molecule has 0 aliphatic heterocycles. The Morgan fingerprint density at radius 2 is 2.06 bits per heavy atom. The van der Waals surface area contributed by atoms with Gasteiger partial charge in [-0.3, -0.25) is 5.01 Å². The molecule has 6 nitrogen and oxygen atoms in total. The highest BCUT2D eigenvalue weighted by atomic mass is 15.5. The molecule has 0 unspecified atom stereocenters. The third-order valence-electron chi connectivity index (χ3n) is 2.96. The Bertz CT molecular complexity index is 276. The zero-order valence-electron chi connectivity index (χ0n) is 9.76. The highest BCUT2D eigenvalue weighted by Gasteiger charge is 2.22. The number of hydrazone groups is 1. The van der Waals surface area contributed by atoms with Crippen molar-refractivity contribution < 1.29 is 0 Å². The first kappa shape index (κ1) is 12.6. The fourth-order valence-electron chi connectivity index (χ4n) is 2.01.